The van der Waals surface area contributed by atoms with E-state index in [9.17, 15) is 28.8 Å². The van der Waals surface area contributed by atoms with E-state index in [2.05, 4.69) is 41.7 Å². The average Bonchev–Trinajstić information content (AvgIpc) is 3.19. The first-order valence-electron chi connectivity index (χ1n) is 17.2. The number of rotatable bonds is 14. The molecule has 0 saturated carbocycles. The molecule has 0 spiro atoms. The fourth-order valence-electron chi connectivity index (χ4n) is 4.97. The van der Waals surface area contributed by atoms with Gasteiger partial charge in [-0.15, -0.1) is 0 Å². The zero-order valence-corrected chi connectivity index (χ0v) is 35.4. The number of nitrogens with one attached hydrogen (secondary N) is 4. The predicted octanol–water partition coefficient (Wildman–Crippen LogP) is 11.5. The Kier molecular flexibility index (Phi) is 15.5. The topological polar surface area (TPSA) is 200 Å². The SMILES string of the molecule is CC(=O)C(N=Nc1cc(C(=O)Nc2cc(Cl)ccc2Cl)ccc1Cl)C(=O)Nc1ccc(NC(=O)C(N=Nc2cc(C(=O)Nc3cc(Cl)ccc3Cl)ccc2Cl)C(C)=O)cc1. The number of benzene rings is 5. The van der Waals surface area contributed by atoms with Gasteiger partial charge < -0.3 is 21.3 Å². The Morgan fingerprint density at radius 3 is 1.15 bits per heavy atom. The van der Waals surface area contributed by atoms with Crippen LogP contribution in [0.3, 0.4) is 0 Å². The summed E-state index contributed by atoms with van der Waals surface area (Å²) in [4.78, 5) is 77.0. The molecular formula is C40H28Cl6N8O6. The summed E-state index contributed by atoms with van der Waals surface area (Å²) in [5.74, 6) is -4.11. The highest BCUT2D eigenvalue weighted by Gasteiger charge is 2.25. The predicted molar refractivity (Wildman–Crippen MR) is 233 cm³/mol. The highest BCUT2D eigenvalue weighted by atomic mass is 35.5. The molecule has 0 saturated heterocycles. The van der Waals surface area contributed by atoms with Crippen molar-refractivity contribution in [1.82, 2.24) is 0 Å². The lowest BCUT2D eigenvalue weighted by Gasteiger charge is -2.12. The van der Waals surface area contributed by atoms with Crippen molar-refractivity contribution in [3.8, 4) is 0 Å². The Hall–Kier alpha value is -5.74. The molecule has 0 heterocycles. The van der Waals surface area contributed by atoms with Crippen LogP contribution in [0.15, 0.2) is 118 Å². The van der Waals surface area contributed by atoms with E-state index in [1.165, 1.54) is 84.9 Å². The van der Waals surface area contributed by atoms with Crippen molar-refractivity contribution in [3.63, 3.8) is 0 Å². The van der Waals surface area contributed by atoms with Crippen LogP contribution in [0.4, 0.5) is 34.1 Å². The fraction of sp³-hybridized carbons (Fsp3) is 0.100. The second kappa shape index (κ2) is 20.5. The van der Waals surface area contributed by atoms with Crippen LogP contribution >= 0.6 is 69.6 Å². The largest absolute Gasteiger partial charge is 0.324 e. The molecule has 0 aromatic heterocycles. The third kappa shape index (κ3) is 12.2. The van der Waals surface area contributed by atoms with Crippen LogP contribution in [0.1, 0.15) is 34.6 Å². The summed E-state index contributed by atoms with van der Waals surface area (Å²) < 4.78 is 0. The first-order chi connectivity index (χ1) is 28.5. The number of ketones is 2. The minimum absolute atomic E-state index is 0.00348. The molecule has 0 aliphatic carbocycles. The number of hydrogen-bond acceptors (Lipinski definition) is 10. The molecule has 4 N–H and O–H groups in total. The van der Waals surface area contributed by atoms with Gasteiger partial charge in [0.15, 0.2) is 11.6 Å². The van der Waals surface area contributed by atoms with Gasteiger partial charge in [-0.1, -0.05) is 69.6 Å². The molecule has 306 valence electrons. The van der Waals surface area contributed by atoms with Crippen molar-refractivity contribution >= 4 is 139 Å². The smallest absolute Gasteiger partial charge is 0.258 e. The van der Waals surface area contributed by atoms with Gasteiger partial charge in [-0.25, -0.2) is 0 Å². The van der Waals surface area contributed by atoms with Crippen LogP contribution in [0.5, 0.6) is 0 Å². The maximum Gasteiger partial charge on any atom is 0.258 e. The Balaban J connectivity index is 1.22. The molecule has 0 bridgehead atoms. The number of halogens is 6. The van der Waals surface area contributed by atoms with Crippen LogP contribution < -0.4 is 21.3 Å². The Bertz CT molecular complexity index is 2410. The molecule has 5 aromatic carbocycles. The molecule has 20 heteroatoms. The van der Waals surface area contributed by atoms with Crippen LogP contribution in [0.25, 0.3) is 0 Å². The van der Waals surface area contributed by atoms with Crippen molar-refractivity contribution in [2.24, 2.45) is 20.5 Å². The fourth-order valence-corrected chi connectivity index (χ4v) is 5.96. The molecule has 2 atom stereocenters. The van der Waals surface area contributed by atoms with E-state index in [-0.39, 0.29) is 65.3 Å². The number of amides is 4. The highest BCUT2D eigenvalue weighted by Crippen LogP contribution is 2.31. The van der Waals surface area contributed by atoms with Gasteiger partial charge in [-0.05, 0) is 111 Å². The molecule has 5 rings (SSSR count). The lowest BCUT2D eigenvalue weighted by Crippen LogP contribution is -2.32. The van der Waals surface area contributed by atoms with Crippen LogP contribution in [-0.4, -0.2) is 47.3 Å². The van der Waals surface area contributed by atoms with E-state index in [4.69, 9.17) is 69.6 Å². The van der Waals surface area contributed by atoms with Gasteiger partial charge in [0.25, 0.3) is 23.6 Å². The molecule has 4 amide bonds. The Labute approximate surface area is 371 Å². The van der Waals surface area contributed by atoms with Crippen molar-refractivity contribution in [3.05, 3.63) is 138 Å². The molecule has 0 aliphatic heterocycles. The summed E-state index contributed by atoms with van der Waals surface area (Å²) in [6.45, 7) is 2.29. The Morgan fingerprint density at radius 2 is 0.800 bits per heavy atom. The highest BCUT2D eigenvalue weighted by molar-refractivity contribution is 6.37. The number of azo groups is 2. The molecular weight excluding hydrogens is 901 g/mol. The van der Waals surface area contributed by atoms with E-state index < -0.39 is 47.3 Å². The summed E-state index contributed by atoms with van der Waals surface area (Å²) in [7, 11) is 0. The second-order valence-corrected chi connectivity index (χ2v) is 15.0. The van der Waals surface area contributed by atoms with E-state index >= 15 is 0 Å². The molecule has 5 aromatic rings. The van der Waals surface area contributed by atoms with Gasteiger partial charge >= 0.3 is 0 Å². The molecule has 14 nitrogen and oxygen atoms in total. The minimum atomic E-state index is -1.60. The van der Waals surface area contributed by atoms with Gasteiger partial charge in [-0.2, -0.15) is 20.5 Å². The van der Waals surface area contributed by atoms with E-state index in [0.29, 0.717) is 10.0 Å². The number of nitrogens with zero attached hydrogens (tertiary/aromatic N) is 4. The van der Waals surface area contributed by atoms with Gasteiger partial charge in [0, 0.05) is 32.5 Å². The van der Waals surface area contributed by atoms with Gasteiger partial charge in [0.05, 0.1) is 31.5 Å². The molecule has 0 fully saturated rings. The Morgan fingerprint density at radius 1 is 0.450 bits per heavy atom. The minimum Gasteiger partial charge on any atom is -0.324 e. The normalized spacial score (nSPS) is 12.1. The number of anilines is 4. The van der Waals surface area contributed by atoms with Gasteiger partial charge in [0.2, 0.25) is 12.1 Å². The van der Waals surface area contributed by atoms with Crippen molar-refractivity contribution in [1.29, 1.82) is 0 Å². The quantitative estimate of drug-likeness (QED) is 0.0630. The van der Waals surface area contributed by atoms with Gasteiger partial charge in [-0.3, -0.25) is 28.8 Å². The second-order valence-electron chi connectivity index (χ2n) is 12.5. The zero-order chi connectivity index (χ0) is 43.7. The number of hydrogen-bond donors (Lipinski definition) is 4. The molecule has 0 aliphatic rings. The summed E-state index contributed by atoms with van der Waals surface area (Å²) >= 11 is 36.9. The van der Waals surface area contributed by atoms with E-state index in [0.717, 1.165) is 13.8 Å². The molecule has 2 unspecified atom stereocenters. The monoisotopic (exact) mass is 926 g/mol. The average molecular weight is 929 g/mol. The number of Topliss-reactive ketones (excluding diaryl/α,β-unsaturated/α-hetero) is 2. The van der Waals surface area contributed by atoms with Crippen LogP contribution in [0, 0.1) is 0 Å². The van der Waals surface area contributed by atoms with E-state index in [1.807, 2.05) is 0 Å². The maximum absolute atomic E-state index is 13.1. The lowest BCUT2D eigenvalue weighted by molar-refractivity contribution is -0.127. The lowest BCUT2D eigenvalue weighted by atomic mass is 10.1. The third-order valence-corrected chi connectivity index (χ3v) is 9.79. The van der Waals surface area contributed by atoms with Crippen LogP contribution in [-0.2, 0) is 19.2 Å². The molecule has 60 heavy (non-hydrogen) atoms. The summed E-state index contributed by atoms with van der Waals surface area (Å²) in [6, 6.07) is 19.9. The standard InChI is InChI=1S/C40H28Cl6N8O6/c1-19(55)35(53-51-33-15-21(3-11-29(33)45)37(57)49-31-17-23(41)5-13-27(31)43)39(59)47-25-7-9-26(10-8-25)48-40(60)36(20(2)56)54-52-34-16-22(4-12-30(34)46)38(58)50-32-18-24(42)6-14-28(32)44/h3-18,35-36H,1-2H3,(H,47,59)(H,48,60)(H,49,57)(H,50,58). The van der Waals surface area contributed by atoms with Crippen LogP contribution in [0.2, 0.25) is 30.1 Å². The van der Waals surface area contributed by atoms with Crippen molar-refractivity contribution in [2.75, 3.05) is 21.3 Å². The van der Waals surface area contributed by atoms with Gasteiger partial charge in [0.1, 0.15) is 11.4 Å². The number of carbonyl (C=O) groups excluding carboxylic acids is 6. The molecule has 0 radical (unpaired) electrons. The number of carbonyl (C=O) groups is 6. The summed E-state index contributed by atoms with van der Waals surface area (Å²) in [5.41, 5.74) is 1.23. The maximum atomic E-state index is 13.1. The third-order valence-electron chi connectivity index (χ3n) is 8.02. The first-order valence-corrected chi connectivity index (χ1v) is 19.4. The first kappa shape index (κ1) is 45.3. The summed E-state index contributed by atoms with van der Waals surface area (Å²) in [6.07, 6.45) is 0. The zero-order valence-electron chi connectivity index (χ0n) is 30.9. The van der Waals surface area contributed by atoms with Crippen molar-refractivity contribution in [2.45, 2.75) is 25.9 Å². The summed E-state index contributed by atoms with van der Waals surface area (Å²) in [5, 5.41) is 27.5. The van der Waals surface area contributed by atoms with Crippen molar-refractivity contribution < 1.29 is 28.8 Å². The van der Waals surface area contributed by atoms with E-state index in [1.54, 1.807) is 12.1 Å².